The lowest BCUT2D eigenvalue weighted by molar-refractivity contribution is -0.133. The first-order valence-corrected chi connectivity index (χ1v) is 11.2. The minimum absolute atomic E-state index is 0.0738. The molecule has 2 amide bonds. The molecule has 35 heavy (non-hydrogen) atoms. The minimum Gasteiger partial charge on any atom is -0.497 e. The van der Waals surface area contributed by atoms with Crippen molar-refractivity contribution in [2.24, 2.45) is 0 Å². The van der Waals surface area contributed by atoms with E-state index >= 15 is 0 Å². The Balaban J connectivity index is 1.69. The van der Waals surface area contributed by atoms with Gasteiger partial charge in [0.2, 0.25) is 5.91 Å². The van der Waals surface area contributed by atoms with E-state index in [0.29, 0.717) is 12.3 Å². The number of hydrogen-bond acceptors (Lipinski definition) is 6. The van der Waals surface area contributed by atoms with E-state index in [-0.39, 0.29) is 30.4 Å². The van der Waals surface area contributed by atoms with Crippen LogP contribution in [-0.2, 0) is 29.2 Å². The Morgan fingerprint density at radius 2 is 1.86 bits per heavy atom. The van der Waals surface area contributed by atoms with Gasteiger partial charge in [-0.05, 0) is 37.1 Å². The fourth-order valence-corrected chi connectivity index (χ4v) is 4.21. The molecule has 0 bridgehead atoms. The first-order valence-electron chi connectivity index (χ1n) is 11.2. The van der Waals surface area contributed by atoms with Crippen molar-refractivity contribution in [2.45, 2.75) is 39.0 Å². The average molecular weight is 477 g/mol. The highest BCUT2D eigenvalue weighted by Crippen LogP contribution is 2.31. The molecule has 0 spiro atoms. The molecule has 2 heterocycles. The van der Waals surface area contributed by atoms with Crippen LogP contribution in [-0.4, -0.2) is 52.0 Å². The summed E-state index contributed by atoms with van der Waals surface area (Å²) in [5, 5.41) is 2.98. The molecule has 1 aliphatic rings. The van der Waals surface area contributed by atoms with E-state index in [2.05, 4.69) is 10.3 Å². The Kier molecular flexibility index (Phi) is 6.59. The van der Waals surface area contributed by atoms with Crippen LogP contribution in [0.1, 0.15) is 44.6 Å². The van der Waals surface area contributed by atoms with E-state index < -0.39 is 17.4 Å². The van der Waals surface area contributed by atoms with Crippen molar-refractivity contribution >= 4 is 17.8 Å². The average Bonchev–Trinajstić information content (AvgIpc) is 3.29. The van der Waals surface area contributed by atoms with Gasteiger partial charge in [-0.15, -0.1) is 0 Å². The third-order valence-corrected chi connectivity index (χ3v) is 6.28. The van der Waals surface area contributed by atoms with E-state index in [1.165, 1.54) is 18.3 Å². The molecule has 1 atom stereocenters. The maximum atomic E-state index is 13.8. The number of carbonyl (C=O) groups is 3. The molecule has 0 aliphatic carbocycles. The molecule has 1 unspecified atom stereocenters. The quantitative estimate of drug-likeness (QED) is 0.526. The first kappa shape index (κ1) is 24.0. The summed E-state index contributed by atoms with van der Waals surface area (Å²) in [5.74, 6) is -0.864. The summed E-state index contributed by atoms with van der Waals surface area (Å²) in [4.78, 5) is 45.2. The molecule has 1 N–H and O–H groups in total. The zero-order valence-electron chi connectivity index (χ0n) is 20.2. The number of aryl methyl sites for hydroxylation is 1. The highest BCUT2D eigenvalue weighted by Gasteiger charge is 2.48. The molecule has 1 aromatic heterocycles. The number of methoxy groups -OCH3 is 2. The lowest BCUT2D eigenvalue weighted by Gasteiger charge is -2.43. The van der Waals surface area contributed by atoms with Crippen molar-refractivity contribution < 1.29 is 23.9 Å². The van der Waals surface area contributed by atoms with Gasteiger partial charge in [-0.2, -0.15) is 0 Å². The molecule has 182 valence electrons. The number of carbonyl (C=O) groups excluding carboxylic acids is 3. The van der Waals surface area contributed by atoms with Gasteiger partial charge in [0.1, 0.15) is 17.0 Å². The van der Waals surface area contributed by atoms with Crippen LogP contribution in [0.5, 0.6) is 5.75 Å². The van der Waals surface area contributed by atoms with Crippen molar-refractivity contribution in [3.05, 3.63) is 82.9 Å². The van der Waals surface area contributed by atoms with Crippen LogP contribution >= 0.6 is 0 Å². The second kappa shape index (κ2) is 9.61. The van der Waals surface area contributed by atoms with Crippen molar-refractivity contribution in [3.8, 4) is 5.75 Å². The first-order chi connectivity index (χ1) is 16.8. The van der Waals surface area contributed by atoms with Gasteiger partial charge in [-0.1, -0.05) is 42.0 Å². The van der Waals surface area contributed by atoms with E-state index in [1.54, 1.807) is 24.7 Å². The Labute approximate surface area is 203 Å². The highest BCUT2D eigenvalue weighted by atomic mass is 16.5. The number of nitrogens with zero attached hydrogens (tertiary/aromatic N) is 3. The Hall–Kier alpha value is -4.14. The number of fused-ring (bicyclic) bond motifs is 1. The number of amides is 2. The predicted octanol–water partition coefficient (Wildman–Crippen LogP) is 2.72. The van der Waals surface area contributed by atoms with Gasteiger partial charge >= 0.3 is 5.97 Å². The van der Waals surface area contributed by atoms with Gasteiger partial charge in [-0.25, -0.2) is 9.78 Å². The molecule has 0 fully saturated rings. The summed E-state index contributed by atoms with van der Waals surface area (Å²) >= 11 is 0. The minimum atomic E-state index is -1.24. The number of benzene rings is 2. The largest absolute Gasteiger partial charge is 0.497 e. The van der Waals surface area contributed by atoms with Gasteiger partial charge < -0.3 is 24.3 Å². The van der Waals surface area contributed by atoms with Gasteiger partial charge in [0.05, 0.1) is 27.1 Å². The zero-order valence-corrected chi connectivity index (χ0v) is 20.2. The fourth-order valence-electron chi connectivity index (χ4n) is 4.21. The predicted molar refractivity (Wildman–Crippen MR) is 128 cm³/mol. The molecule has 0 saturated carbocycles. The number of nitrogens with one attached hydrogen (secondary N) is 1. The number of hydrogen-bond donors (Lipinski definition) is 1. The smallest absolute Gasteiger partial charge is 0.359 e. The van der Waals surface area contributed by atoms with Crippen LogP contribution in [0.15, 0.2) is 54.9 Å². The van der Waals surface area contributed by atoms with Crippen molar-refractivity contribution in [3.63, 3.8) is 0 Å². The van der Waals surface area contributed by atoms with Crippen LogP contribution in [0.2, 0.25) is 0 Å². The van der Waals surface area contributed by atoms with Gasteiger partial charge in [0.25, 0.3) is 5.91 Å². The summed E-state index contributed by atoms with van der Waals surface area (Å²) in [6.45, 7) is 4.30. The van der Waals surface area contributed by atoms with E-state index in [4.69, 9.17) is 9.47 Å². The van der Waals surface area contributed by atoms with Crippen molar-refractivity contribution in [2.75, 3.05) is 14.2 Å². The lowest BCUT2D eigenvalue weighted by atomic mass is 9.93. The van der Waals surface area contributed by atoms with Crippen LogP contribution in [0.4, 0.5) is 0 Å². The Morgan fingerprint density at radius 1 is 1.11 bits per heavy atom. The number of esters is 1. The maximum Gasteiger partial charge on any atom is 0.359 e. The van der Waals surface area contributed by atoms with Crippen LogP contribution in [0, 0.1) is 6.92 Å². The number of rotatable bonds is 7. The third-order valence-electron chi connectivity index (χ3n) is 6.28. The zero-order chi connectivity index (χ0) is 25.2. The van der Waals surface area contributed by atoms with Gasteiger partial charge in [0, 0.05) is 13.1 Å². The van der Waals surface area contributed by atoms with Gasteiger partial charge in [-0.3, -0.25) is 9.59 Å². The molecular weight excluding hydrogens is 448 g/mol. The lowest BCUT2D eigenvalue weighted by Crippen LogP contribution is -2.63. The van der Waals surface area contributed by atoms with E-state index in [9.17, 15) is 14.4 Å². The van der Waals surface area contributed by atoms with Crippen LogP contribution < -0.4 is 10.1 Å². The topological polar surface area (TPSA) is 103 Å². The van der Waals surface area contributed by atoms with Crippen LogP contribution in [0.3, 0.4) is 0 Å². The summed E-state index contributed by atoms with van der Waals surface area (Å²) in [6.07, 6.45) is 1.40. The highest BCUT2D eigenvalue weighted by molar-refractivity contribution is 6.06. The van der Waals surface area contributed by atoms with Crippen LogP contribution in [0.25, 0.3) is 0 Å². The summed E-state index contributed by atoms with van der Waals surface area (Å²) < 4.78 is 11.7. The number of ether oxygens (including phenoxy) is 2. The molecule has 0 saturated heterocycles. The summed E-state index contributed by atoms with van der Waals surface area (Å²) in [6, 6.07) is 15.2. The maximum absolute atomic E-state index is 13.8. The van der Waals surface area contributed by atoms with Crippen molar-refractivity contribution in [1.29, 1.82) is 0 Å². The molecule has 4 rings (SSSR count). The van der Waals surface area contributed by atoms with E-state index in [0.717, 1.165) is 16.7 Å². The van der Waals surface area contributed by atoms with Gasteiger partial charge in [0.15, 0.2) is 5.69 Å². The normalized spacial score (nSPS) is 17.0. The standard InChI is InChI=1S/C26H28N4O5/c1-17-8-10-18(11-9-17)13-27-25(33)26(2)15-29-16-28-21(24(32)35-4)22(29)23(31)30(26)14-19-6-5-7-20(12-19)34-3/h5-12,16H,13-15H2,1-4H3,(H,27,33). The third kappa shape index (κ3) is 4.62. The van der Waals surface area contributed by atoms with E-state index in [1.807, 2.05) is 49.4 Å². The second-order valence-corrected chi connectivity index (χ2v) is 8.75. The molecule has 0 radical (unpaired) electrons. The fraction of sp³-hybridized carbons (Fsp3) is 0.308. The molecule has 9 nitrogen and oxygen atoms in total. The molecule has 1 aliphatic heterocycles. The second-order valence-electron chi connectivity index (χ2n) is 8.75. The summed E-state index contributed by atoms with van der Waals surface area (Å²) in [5.41, 5.74) is 1.64. The Bertz CT molecular complexity index is 1270. The number of imidazole rings is 1. The monoisotopic (exact) mass is 476 g/mol. The molecule has 3 aromatic rings. The SMILES string of the molecule is COC(=O)c1ncn2c1C(=O)N(Cc1cccc(OC)c1)C(C)(C(=O)NCc1ccc(C)cc1)C2. The molecule has 9 heteroatoms. The Morgan fingerprint density at radius 3 is 2.54 bits per heavy atom. The van der Waals surface area contributed by atoms with Crippen molar-refractivity contribution in [1.82, 2.24) is 19.8 Å². The number of aromatic nitrogens is 2. The molecule has 2 aromatic carbocycles. The summed E-state index contributed by atoms with van der Waals surface area (Å²) in [7, 11) is 2.80. The molecular formula is C26H28N4O5.